The lowest BCUT2D eigenvalue weighted by atomic mass is 10.1. The van der Waals surface area contributed by atoms with E-state index >= 15 is 0 Å². The van der Waals surface area contributed by atoms with Crippen molar-refractivity contribution >= 4 is 44.2 Å². The molecule has 1 atom stereocenters. The van der Waals surface area contributed by atoms with E-state index < -0.39 is 15.9 Å². The third-order valence-electron chi connectivity index (χ3n) is 4.80. The Labute approximate surface area is 202 Å². The summed E-state index contributed by atoms with van der Waals surface area (Å²) in [5.74, 6) is 0.359. The molecule has 3 aromatic carbocycles. The number of ether oxygens (including phenoxy) is 1. The van der Waals surface area contributed by atoms with Gasteiger partial charge in [0.25, 0.3) is 10.0 Å². The number of sulfonamides is 1. The molecule has 0 spiro atoms. The van der Waals surface area contributed by atoms with Crippen molar-refractivity contribution in [2.45, 2.75) is 24.8 Å². The van der Waals surface area contributed by atoms with E-state index in [0.717, 1.165) is 19.2 Å². The van der Waals surface area contributed by atoms with E-state index in [9.17, 15) is 13.2 Å². The Kier molecular flexibility index (Phi) is 8.14. The number of rotatable bonds is 9. The highest BCUT2D eigenvalue weighted by Crippen LogP contribution is 2.25. The van der Waals surface area contributed by atoms with E-state index in [0.29, 0.717) is 12.3 Å². The fourth-order valence-corrected chi connectivity index (χ4v) is 4.96. The van der Waals surface area contributed by atoms with Crippen molar-refractivity contribution in [3.63, 3.8) is 0 Å². The molecule has 8 heteroatoms. The summed E-state index contributed by atoms with van der Waals surface area (Å²) in [6.07, 6.45) is 0. The van der Waals surface area contributed by atoms with Gasteiger partial charge < -0.3 is 10.1 Å². The van der Waals surface area contributed by atoms with E-state index in [1.807, 2.05) is 50.2 Å². The summed E-state index contributed by atoms with van der Waals surface area (Å²) in [4.78, 5) is 13.0. The zero-order valence-electron chi connectivity index (χ0n) is 17.9. The fourth-order valence-electron chi connectivity index (χ4n) is 3.16. The highest BCUT2D eigenvalue weighted by molar-refractivity contribution is 14.1. The molecule has 3 aromatic rings. The van der Waals surface area contributed by atoms with Crippen LogP contribution in [0.25, 0.3) is 0 Å². The number of hydrogen-bond acceptors (Lipinski definition) is 4. The molecular weight excluding hydrogens is 539 g/mol. The SMILES string of the molecule is CCOc1ccc(C(C)NC(=O)CN(c2ccc(I)cc2)S(=O)(=O)c2ccccc2)cc1. The Morgan fingerprint density at radius 3 is 2.22 bits per heavy atom. The summed E-state index contributed by atoms with van der Waals surface area (Å²) >= 11 is 2.15. The molecule has 0 aliphatic carbocycles. The zero-order chi connectivity index (χ0) is 23.1. The van der Waals surface area contributed by atoms with Crippen LogP contribution in [0.4, 0.5) is 5.69 Å². The van der Waals surface area contributed by atoms with Gasteiger partial charge in [0.2, 0.25) is 5.91 Å². The first-order valence-corrected chi connectivity index (χ1v) is 12.7. The predicted octanol–water partition coefficient (Wildman–Crippen LogP) is 4.76. The fraction of sp³-hybridized carbons (Fsp3) is 0.208. The molecule has 6 nitrogen and oxygen atoms in total. The molecule has 32 heavy (non-hydrogen) atoms. The minimum atomic E-state index is -3.92. The molecular formula is C24H25IN2O4S. The van der Waals surface area contributed by atoms with E-state index in [1.54, 1.807) is 30.3 Å². The zero-order valence-corrected chi connectivity index (χ0v) is 20.8. The van der Waals surface area contributed by atoms with Crippen LogP contribution in [0.15, 0.2) is 83.8 Å². The lowest BCUT2D eigenvalue weighted by Crippen LogP contribution is -2.41. The van der Waals surface area contributed by atoms with Crippen LogP contribution in [0.1, 0.15) is 25.5 Å². The second kappa shape index (κ2) is 10.8. The van der Waals surface area contributed by atoms with Gasteiger partial charge >= 0.3 is 0 Å². The van der Waals surface area contributed by atoms with Crippen LogP contribution in [0.2, 0.25) is 0 Å². The molecule has 0 fully saturated rings. The summed E-state index contributed by atoms with van der Waals surface area (Å²) in [5, 5.41) is 2.90. The molecule has 3 rings (SSSR count). The summed E-state index contributed by atoms with van der Waals surface area (Å²) in [6, 6.07) is 22.3. The molecule has 0 saturated heterocycles. The maximum absolute atomic E-state index is 13.3. The number of nitrogens with one attached hydrogen (secondary N) is 1. The molecule has 1 unspecified atom stereocenters. The van der Waals surface area contributed by atoms with Crippen LogP contribution in [0, 0.1) is 3.57 Å². The molecule has 0 aliphatic rings. The van der Waals surface area contributed by atoms with Crippen molar-refractivity contribution in [2.24, 2.45) is 0 Å². The molecule has 0 aromatic heterocycles. The maximum Gasteiger partial charge on any atom is 0.264 e. The Hall–Kier alpha value is -2.59. The van der Waals surface area contributed by atoms with Crippen molar-refractivity contribution in [3.05, 3.63) is 88.0 Å². The molecule has 0 radical (unpaired) electrons. The van der Waals surface area contributed by atoms with Crippen LogP contribution < -0.4 is 14.4 Å². The van der Waals surface area contributed by atoms with E-state index in [2.05, 4.69) is 27.9 Å². The first kappa shape index (κ1) is 24.1. The van der Waals surface area contributed by atoms with E-state index in [4.69, 9.17) is 4.74 Å². The second-order valence-electron chi connectivity index (χ2n) is 7.09. The molecule has 1 amide bonds. The van der Waals surface area contributed by atoms with Gasteiger partial charge in [-0.25, -0.2) is 8.42 Å². The van der Waals surface area contributed by atoms with Crippen molar-refractivity contribution in [1.29, 1.82) is 0 Å². The van der Waals surface area contributed by atoms with Crippen molar-refractivity contribution in [3.8, 4) is 5.75 Å². The number of carbonyl (C=O) groups excluding carboxylic acids is 1. The largest absolute Gasteiger partial charge is 0.494 e. The van der Waals surface area contributed by atoms with Gasteiger partial charge in [0, 0.05) is 3.57 Å². The Morgan fingerprint density at radius 2 is 1.62 bits per heavy atom. The monoisotopic (exact) mass is 564 g/mol. The predicted molar refractivity (Wildman–Crippen MR) is 134 cm³/mol. The molecule has 168 valence electrons. The average molecular weight is 564 g/mol. The lowest BCUT2D eigenvalue weighted by molar-refractivity contribution is -0.120. The average Bonchev–Trinajstić information content (AvgIpc) is 2.79. The Balaban J connectivity index is 1.81. The second-order valence-corrected chi connectivity index (χ2v) is 10.2. The number of carbonyl (C=O) groups is 1. The van der Waals surface area contributed by atoms with Crippen LogP contribution >= 0.6 is 22.6 Å². The van der Waals surface area contributed by atoms with Crippen molar-refractivity contribution in [2.75, 3.05) is 17.5 Å². The molecule has 0 heterocycles. The van der Waals surface area contributed by atoms with Crippen LogP contribution in [-0.4, -0.2) is 27.5 Å². The van der Waals surface area contributed by atoms with Crippen molar-refractivity contribution in [1.82, 2.24) is 5.32 Å². The minimum absolute atomic E-state index is 0.130. The number of anilines is 1. The maximum atomic E-state index is 13.3. The van der Waals surface area contributed by atoms with Gasteiger partial charge in [-0.2, -0.15) is 0 Å². The van der Waals surface area contributed by atoms with Gasteiger partial charge in [-0.3, -0.25) is 9.10 Å². The highest BCUT2D eigenvalue weighted by atomic mass is 127. The van der Waals surface area contributed by atoms with E-state index in [-0.39, 0.29) is 17.5 Å². The topological polar surface area (TPSA) is 75.7 Å². The molecule has 0 aliphatic heterocycles. The third kappa shape index (κ3) is 6.01. The van der Waals surface area contributed by atoms with Crippen molar-refractivity contribution < 1.29 is 17.9 Å². The van der Waals surface area contributed by atoms with Gasteiger partial charge in [0.05, 0.1) is 23.2 Å². The number of hydrogen-bond donors (Lipinski definition) is 1. The highest BCUT2D eigenvalue weighted by Gasteiger charge is 2.27. The molecule has 1 N–H and O–H groups in total. The first-order valence-electron chi connectivity index (χ1n) is 10.2. The summed E-state index contributed by atoms with van der Waals surface area (Å²) < 4.78 is 34.2. The first-order chi connectivity index (χ1) is 15.3. The van der Waals surface area contributed by atoms with Gasteiger partial charge in [0.15, 0.2) is 0 Å². The van der Waals surface area contributed by atoms with Gasteiger partial charge in [0.1, 0.15) is 12.3 Å². The number of halogens is 1. The van der Waals surface area contributed by atoms with Gasteiger partial charge in [-0.1, -0.05) is 30.3 Å². The lowest BCUT2D eigenvalue weighted by Gasteiger charge is -2.25. The van der Waals surface area contributed by atoms with Gasteiger partial charge in [-0.05, 0) is 90.5 Å². The van der Waals surface area contributed by atoms with Crippen LogP contribution in [0.3, 0.4) is 0 Å². The standard InChI is InChI=1S/C24H25IN2O4S/c1-3-31-22-15-9-19(10-16-22)18(2)26-24(28)17-27(21-13-11-20(25)12-14-21)32(29,30)23-7-5-4-6-8-23/h4-16,18H,3,17H2,1-2H3,(H,26,28). The number of benzene rings is 3. The number of amides is 1. The summed E-state index contributed by atoms with van der Waals surface area (Å²) in [7, 11) is -3.92. The summed E-state index contributed by atoms with van der Waals surface area (Å²) in [6.45, 7) is 4.02. The van der Waals surface area contributed by atoms with Crippen LogP contribution in [-0.2, 0) is 14.8 Å². The quantitative estimate of drug-likeness (QED) is 0.381. The normalized spacial score (nSPS) is 12.1. The molecule has 0 saturated carbocycles. The minimum Gasteiger partial charge on any atom is -0.494 e. The van der Waals surface area contributed by atoms with E-state index in [1.165, 1.54) is 12.1 Å². The Morgan fingerprint density at radius 1 is 1.00 bits per heavy atom. The number of nitrogens with zero attached hydrogens (tertiary/aromatic N) is 1. The smallest absolute Gasteiger partial charge is 0.264 e. The Bertz CT molecular complexity index is 1130. The third-order valence-corrected chi connectivity index (χ3v) is 7.31. The van der Waals surface area contributed by atoms with Gasteiger partial charge in [-0.15, -0.1) is 0 Å². The summed E-state index contributed by atoms with van der Waals surface area (Å²) in [5.41, 5.74) is 1.33. The molecule has 0 bridgehead atoms. The van der Waals surface area contributed by atoms with Crippen LogP contribution in [0.5, 0.6) is 5.75 Å².